The van der Waals surface area contributed by atoms with Gasteiger partial charge in [0.25, 0.3) is 5.90 Å². The fourth-order valence-corrected chi connectivity index (χ4v) is 1.79. The van der Waals surface area contributed by atoms with Crippen LogP contribution in [0.4, 0.5) is 10.5 Å². The number of anilines is 1. The summed E-state index contributed by atoms with van der Waals surface area (Å²) in [6, 6.07) is 8.21. The minimum Gasteiger partial charge on any atom is -0.546 e. The van der Waals surface area contributed by atoms with Crippen LogP contribution in [0, 0.1) is 0 Å². The first-order valence-electron chi connectivity index (χ1n) is 6.43. The Labute approximate surface area is 158 Å². The Balaban J connectivity index is 0.00000288. The second-order valence-corrected chi connectivity index (χ2v) is 4.58. The van der Waals surface area contributed by atoms with Crippen molar-refractivity contribution < 1.29 is 69.1 Å². The number of hydrogen-bond donors (Lipinski definition) is 4. The molecule has 124 valence electrons. The summed E-state index contributed by atoms with van der Waals surface area (Å²) < 4.78 is 4.67. The van der Waals surface area contributed by atoms with Gasteiger partial charge in [0.05, 0.1) is 5.97 Å². The van der Waals surface area contributed by atoms with E-state index < -0.39 is 42.4 Å². The van der Waals surface area contributed by atoms with Crippen molar-refractivity contribution in [1.29, 1.82) is 0 Å². The van der Waals surface area contributed by atoms with Crippen LogP contribution in [-0.2, 0) is 14.4 Å². The molecular weight excluding hydrogens is 335 g/mol. The number of carbonyl (C=O) groups is 2. The van der Waals surface area contributed by atoms with Crippen LogP contribution in [0.3, 0.4) is 0 Å². The average molecular weight is 348 g/mol. The zero-order chi connectivity index (χ0) is 17.0. The maximum absolute atomic E-state index is 11.5. The van der Waals surface area contributed by atoms with Crippen LogP contribution in [0.25, 0.3) is 0 Å². The van der Waals surface area contributed by atoms with Gasteiger partial charge in [0.2, 0.25) is 0 Å². The van der Waals surface area contributed by atoms with Gasteiger partial charge < -0.3 is 30.0 Å². The first-order chi connectivity index (χ1) is 10.9. The van der Waals surface area contributed by atoms with Crippen molar-refractivity contribution in [3.05, 3.63) is 30.3 Å². The molecular formula is C13H13N2NaO8. The molecule has 0 aromatic heterocycles. The first kappa shape index (κ1) is 20.4. The van der Waals surface area contributed by atoms with E-state index in [1.54, 1.807) is 30.3 Å². The van der Waals surface area contributed by atoms with Crippen LogP contribution in [0.5, 0.6) is 0 Å². The fourth-order valence-electron chi connectivity index (χ4n) is 1.79. The number of ether oxygens (including phenoxy) is 1. The molecule has 0 bridgehead atoms. The number of aliphatic hydroxyl groups excluding tert-OH is 3. The third-order valence-electron chi connectivity index (χ3n) is 2.96. The number of carboxylic acids is 1. The number of nitrogens with zero attached hydrogens (tertiary/aromatic N) is 1. The fraction of sp³-hybridized carbons (Fsp3) is 0.308. The topological polar surface area (TPSA) is 161 Å². The van der Waals surface area contributed by atoms with Crippen LogP contribution >= 0.6 is 0 Å². The van der Waals surface area contributed by atoms with Gasteiger partial charge in [-0.2, -0.15) is 0 Å². The van der Waals surface area contributed by atoms with E-state index in [0.29, 0.717) is 5.69 Å². The SMILES string of the molecule is O=C(Nc1ccccc1)O/N=C1\O[C@@H](C(=O)[O-])[C@@H](O)[C@H](O)[C@H]1O.[Na+]. The number of carboxylic acid groups (broad SMARTS) is 1. The van der Waals surface area contributed by atoms with Gasteiger partial charge in [-0.15, -0.1) is 0 Å². The number of hydrogen-bond acceptors (Lipinski definition) is 9. The van der Waals surface area contributed by atoms with Crippen molar-refractivity contribution in [2.75, 3.05) is 5.32 Å². The van der Waals surface area contributed by atoms with Crippen LogP contribution in [0.1, 0.15) is 0 Å². The molecule has 1 aromatic carbocycles. The standard InChI is InChI=1S/C13H14N2O8.Na/c16-7-8(17)10(12(19)20)22-11(9(7)18)15-23-13(21)14-6-4-2-1-3-5-6;/h1-5,7-10,16-18H,(H,14,21)(H,19,20);/q;+1/p-1/b15-11-;/t7-,8-,9+,10+;/m0./s1. The normalized spacial score (nSPS) is 27.5. The predicted octanol–water partition coefficient (Wildman–Crippen LogP) is -5.22. The van der Waals surface area contributed by atoms with E-state index in [1.807, 2.05) is 0 Å². The van der Waals surface area contributed by atoms with E-state index in [1.165, 1.54) is 0 Å². The van der Waals surface area contributed by atoms with E-state index in [-0.39, 0.29) is 29.6 Å². The van der Waals surface area contributed by atoms with Crippen molar-refractivity contribution in [3.63, 3.8) is 0 Å². The zero-order valence-electron chi connectivity index (χ0n) is 12.5. The Morgan fingerprint density at radius 1 is 1.17 bits per heavy atom. The molecule has 10 nitrogen and oxygen atoms in total. The molecule has 1 aromatic rings. The summed E-state index contributed by atoms with van der Waals surface area (Å²) in [7, 11) is 0. The number of aliphatic carboxylic acids is 1. The predicted molar refractivity (Wildman–Crippen MR) is 71.9 cm³/mol. The third kappa shape index (κ3) is 4.90. The summed E-state index contributed by atoms with van der Waals surface area (Å²) in [5.41, 5.74) is 0.408. The van der Waals surface area contributed by atoms with Crippen LogP contribution in [-0.4, -0.2) is 57.7 Å². The molecule has 0 spiro atoms. The monoisotopic (exact) mass is 348 g/mol. The average Bonchev–Trinajstić information content (AvgIpc) is 2.52. The van der Waals surface area contributed by atoms with Crippen LogP contribution in [0.2, 0.25) is 0 Å². The summed E-state index contributed by atoms with van der Waals surface area (Å²) in [4.78, 5) is 26.7. The van der Waals surface area contributed by atoms with Crippen molar-refractivity contribution in [2.45, 2.75) is 24.4 Å². The number of benzene rings is 1. The number of para-hydroxylation sites is 1. The number of aliphatic hydroxyl groups is 3. The Morgan fingerprint density at radius 3 is 2.38 bits per heavy atom. The molecule has 1 heterocycles. The summed E-state index contributed by atoms with van der Waals surface area (Å²) in [6.07, 6.45) is -8.69. The van der Waals surface area contributed by atoms with Gasteiger partial charge in [-0.1, -0.05) is 18.2 Å². The van der Waals surface area contributed by atoms with E-state index in [2.05, 4.69) is 20.0 Å². The number of oxime groups is 1. The number of rotatable bonds is 3. The third-order valence-corrected chi connectivity index (χ3v) is 2.96. The molecule has 0 aliphatic carbocycles. The second kappa shape index (κ2) is 8.97. The maximum Gasteiger partial charge on any atom is 1.00 e. The largest absolute Gasteiger partial charge is 1.00 e. The molecule has 4 atom stereocenters. The van der Waals surface area contributed by atoms with Crippen molar-refractivity contribution in [3.8, 4) is 0 Å². The molecule has 1 aliphatic rings. The van der Waals surface area contributed by atoms with Crippen LogP contribution < -0.4 is 40.0 Å². The van der Waals surface area contributed by atoms with Crippen molar-refractivity contribution >= 4 is 23.6 Å². The number of nitrogens with one attached hydrogen (secondary N) is 1. The van der Waals surface area contributed by atoms with Gasteiger partial charge in [-0.3, -0.25) is 10.2 Å². The molecule has 2 rings (SSSR count). The van der Waals surface area contributed by atoms with E-state index in [4.69, 9.17) is 0 Å². The van der Waals surface area contributed by atoms with Gasteiger partial charge in [-0.05, 0) is 17.3 Å². The molecule has 1 aliphatic heterocycles. The molecule has 0 saturated carbocycles. The Hall–Kier alpha value is -1.69. The van der Waals surface area contributed by atoms with E-state index in [0.717, 1.165) is 0 Å². The molecule has 0 unspecified atom stereocenters. The van der Waals surface area contributed by atoms with Crippen molar-refractivity contribution in [1.82, 2.24) is 0 Å². The van der Waals surface area contributed by atoms with Crippen LogP contribution in [0.15, 0.2) is 35.5 Å². The first-order valence-corrected chi connectivity index (χ1v) is 6.43. The molecule has 1 saturated heterocycles. The van der Waals surface area contributed by atoms with E-state index >= 15 is 0 Å². The van der Waals surface area contributed by atoms with Gasteiger partial charge in [0.15, 0.2) is 12.2 Å². The Kier molecular flexibility index (Phi) is 7.60. The summed E-state index contributed by atoms with van der Waals surface area (Å²) in [5, 5.41) is 44.8. The molecule has 4 N–H and O–H groups in total. The van der Waals surface area contributed by atoms with Gasteiger partial charge in [-0.25, -0.2) is 4.79 Å². The molecule has 24 heavy (non-hydrogen) atoms. The van der Waals surface area contributed by atoms with Gasteiger partial charge >= 0.3 is 35.7 Å². The number of amides is 1. The van der Waals surface area contributed by atoms with E-state index in [9.17, 15) is 30.0 Å². The summed E-state index contributed by atoms with van der Waals surface area (Å²) in [5.74, 6) is -2.61. The molecule has 11 heteroatoms. The quantitative estimate of drug-likeness (QED) is 0.239. The smallest absolute Gasteiger partial charge is 0.546 e. The molecule has 0 radical (unpaired) electrons. The van der Waals surface area contributed by atoms with Gasteiger partial charge in [0, 0.05) is 5.69 Å². The van der Waals surface area contributed by atoms with Crippen molar-refractivity contribution in [2.24, 2.45) is 5.16 Å². The van der Waals surface area contributed by atoms with Gasteiger partial charge in [0.1, 0.15) is 12.2 Å². The maximum atomic E-state index is 11.5. The summed E-state index contributed by atoms with van der Waals surface area (Å²) >= 11 is 0. The minimum atomic E-state index is -1.96. The summed E-state index contributed by atoms with van der Waals surface area (Å²) in [6.45, 7) is 0. The molecule has 1 fully saturated rings. The number of carbonyl (C=O) groups excluding carboxylic acids is 2. The second-order valence-electron chi connectivity index (χ2n) is 4.58. The zero-order valence-corrected chi connectivity index (χ0v) is 14.5. The minimum absolute atomic E-state index is 0. The Bertz CT molecular complexity index is 611. The molecule has 1 amide bonds. The Morgan fingerprint density at radius 2 is 1.79 bits per heavy atom.